The van der Waals surface area contributed by atoms with Crippen LogP contribution in [0.3, 0.4) is 0 Å². The first-order chi connectivity index (χ1) is 7.83. The van der Waals surface area contributed by atoms with Gasteiger partial charge in [-0.25, -0.2) is 8.78 Å². The third-order valence-corrected chi connectivity index (χ3v) is 3.47. The molecule has 1 aromatic carbocycles. The van der Waals surface area contributed by atoms with Crippen LogP contribution in [0.2, 0.25) is 0 Å². The molecule has 0 fully saturated rings. The first-order valence-electron chi connectivity index (χ1n) is 5.97. The molecule has 1 N–H and O–H groups in total. The van der Waals surface area contributed by atoms with Crippen LogP contribution < -0.4 is 5.32 Å². The summed E-state index contributed by atoms with van der Waals surface area (Å²) in [4.78, 5) is 0. The van der Waals surface area contributed by atoms with E-state index in [1.165, 1.54) is 12.1 Å². The Morgan fingerprint density at radius 1 is 1.24 bits per heavy atom. The molecular formula is C14H21F2N. The van der Waals surface area contributed by atoms with Crippen LogP contribution >= 0.6 is 0 Å². The fourth-order valence-corrected chi connectivity index (χ4v) is 1.40. The molecule has 1 nitrogen and oxygen atoms in total. The van der Waals surface area contributed by atoms with Crippen LogP contribution in [0.4, 0.5) is 8.78 Å². The van der Waals surface area contributed by atoms with Gasteiger partial charge in [-0.1, -0.05) is 27.7 Å². The van der Waals surface area contributed by atoms with Crippen LogP contribution in [0.15, 0.2) is 18.2 Å². The van der Waals surface area contributed by atoms with Gasteiger partial charge in [0.25, 0.3) is 0 Å². The van der Waals surface area contributed by atoms with E-state index in [-0.39, 0.29) is 11.2 Å². The molecular weight excluding hydrogens is 220 g/mol. The minimum absolute atomic E-state index is 0.143. The van der Waals surface area contributed by atoms with Gasteiger partial charge in [0.2, 0.25) is 0 Å². The van der Waals surface area contributed by atoms with Crippen molar-refractivity contribution in [1.29, 1.82) is 0 Å². The summed E-state index contributed by atoms with van der Waals surface area (Å²) < 4.78 is 26.3. The third-order valence-electron chi connectivity index (χ3n) is 3.47. The summed E-state index contributed by atoms with van der Waals surface area (Å²) in [6, 6.07) is 3.54. The van der Waals surface area contributed by atoms with Crippen molar-refractivity contribution in [2.24, 2.45) is 11.3 Å². The largest absolute Gasteiger partial charge is 0.312 e. The number of hydrogen-bond acceptors (Lipinski definition) is 1. The van der Waals surface area contributed by atoms with Crippen molar-refractivity contribution in [1.82, 2.24) is 5.32 Å². The lowest BCUT2D eigenvalue weighted by molar-refractivity contribution is 0.237. The molecule has 1 aromatic rings. The van der Waals surface area contributed by atoms with Gasteiger partial charge in [-0.3, -0.25) is 0 Å². The van der Waals surface area contributed by atoms with Crippen LogP contribution in [0.1, 0.15) is 33.3 Å². The van der Waals surface area contributed by atoms with Gasteiger partial charge < -0.3 is 5.32 Å². The zero-order chi connectivity index (χ0) is 13.1. The van der Waals surface area contributed by atoms with Gasteiger partial charge in [0.05, 0.1) is 0 Å². The molecule has 0 aliphatic rings. The molecule has 3 heteroatoms. The molecule has 0 aromatic heterocycles. The highest BCUT2D eigenvalue weighted by Crippen LogP contribution is 2.24. The zero-order valence-corrected chi connectivity index (χ0v) is 11.0. The molecule has 0 aliphatic heterocycles. The van der Waals surface area contributed by atoms with Crippen molar-refractivity contribution in [2.45, 2.75) is 34.2 Å². The van der Waals surface area contributed by atoms with E-state index >= 15 is 0 Å². The monoisotopic (exact) mass is 241 g/mol. The van der Waals surface area contributed by atoms with Crippen LogP contribution in [-0.2, 0) is 6.54 Å². The average Bonchev–Trinajstić information content (AvgIpc) is 2.22. The molecule has 17 heavy (non-hydrogen) atoms. The Hall–Kier alpha value is -0.960. The summed E-state index contributed by atoms with van der Waals surface area (Å²) in [6.45, 7) is 9.77. The van der Waals surface area contributed by atoms with Gasteiger partial charge in [0.1, 0.15) is 11.6 Å². The van der Waals surface area contributed by atoms with E-state index in [0.717, 1.165) is 12.6 Å². The number of nitrogens with one attached hydrogen (secondary N) is 1. The Labute approximate surface area is 102 Å². The number of hydrogen-bond donors (Lipinski definition) is 1. The lowest BCUT2D eigenvalue weighted by Crippen LogP contribution is -2.33. The molecule has 96 valence electrons. The Kier molecular flexibility index (Phi) is 4.63. The van der Waals surface area contributed by atoms with Gasteiger partial charge in [-0.2, -0.15) is 0 Å². The van der Waals surface area contributed by atoms with Crippen molar-refractivity contribution >= 4 is 0 Å². The van der Waals surface area contributed by atoms with Crippen molar-refractivity contribution < 1.29 is 8.78 Å². The number of halogens is 2. The highest BCUT2D eigenvalue weighted by Gasteiger charge is 2.21. The average molecular weight is 241 g/mol. The maximum atomic E-state index is 13.3. The second-order valence-electron chi connectivity index (χ2n) is 5.48. The van der Waals surface area contributed by atoms with E-state index in [4.69, 9.17) is 0 Å². The minimum Gasteiger partial charge on any atom is -0.312 e. The molecule has 0 saturated carbocycles. The smallest absolute Gasteiger partial charge is 0.127 e. The fourth-order valence-electron chi connectivity index (χ4n) is 1.40. The molecule has 1 rings (SSSR count). The normalized spacial score (nSPS) is 12.2. The lowest BCUT2D eigenvalue weighted by Gasteiger charge is -2.29. The van der Waals surface area contributed by atoms with Crippen LogP contribution in [0.5, 0.6) is 0 Å². The molecule has 0 heterocycles. The number of benzene rings is 1. The van der Waals surface area contributed by atoms with Gasteiger partial charge in [0.15, 0.2) is 0 Å². The van der Waals surface area contributed by atoms with Crippen molar-refractivity contribution in [3.63, 3.8) is 0 Å². The van der Waals surface area contributed by atoms with Crippen molar-refractivity contribution in [3.8, 4) is 0 Å². The summed E-state index contributed by atoms with van der Waals surface area (Å²) in [5, 5.41) is 3.18. The van der Waals surface area contributed by atoms with E-state index in [9.17, 15) is 8.78 Å². The fraction of sp³-hybridized carbons (Fsp3) is 0.571. The maximum Gasteiger partial charge on any atom is 0.127 e. The van der Waals surface area contributed by atoms with Crippen molar-refractivity contribution in [2.75, 3.05) is 6.54 Å². The standard InChI is InChI=1S/C14H21F2N/c1-10(2)14(3,4)9-17-8-11-7-12(15)5-6-13(11)16/h5-7,10,17H,8-9H2,1-4H3. The van der Waals surface area contributed by atoms with Gasteiger partial charge in [-0.15, -0.1) is 0 Å². The van der Waals surface area contributed by atoms with Crippen LogP contribution in [0, 0.1) is 23.0 Å². The Bertz CT molecular complexity index is 372. The molecule has 0 radical (unpaired) electrons. The topological polar surface area (TPSA) is 12.0 Å². The summed E-state index contributed by atoms with van der Waals surface area (Å²) in [7, 11) is 0. The molecule has 0 spiro atoms. The van der Waals surface area contributed by atoms with Gasteiger partial charge in [-0.05, 0) is 29.5 Å². The van der Waals surface area contributed by atoms with Crippen molar-refractivity contribution in [3.05, 3.63) is 35.4 Å². The summed E-state index contributed by atoms with van der Waals surface area (Å²) in [6.07, 6.45) is 0. The molecule has 0 unspecified atom stereocenters. The highest BCUT2D eigenvalue weighted by atomic mass is 19.1. The Balaban J connectivity index is 2.54. The third kappa shape index (κ3) is 4.08. The molecule has 0 amide bonds. The quantitative estimate of drug-likeness (QED) is 0.828. The predicted octanol–water partition coefficient (Wildman–Crippen LogP) is 3.74. The zero-order valence-electron chi connectivity index (χ0n) is 11.0. The minimum atomic E-state index is -0.397. The molecule has 0 atom stereocenters. The highest BCUT2D eigenvalue weighted by molar-refractivity contribution is 5.18. The van der Waals surface area contributed by atoms with Crippen LogP contribution in [-0.4, -0.2) is 6.54 Å². The first-order valence-corrected chi connectivity index (χ1v) is 5.97. The number of rotatable bonds is 5. The first kappa shape index (κ1) is 14.1. The van der Waals surface area contributed by atoms with E-state index in [1.807, 2.05) is 0 Å². The van der Waals surface area contributed by atoms with Crippen LogP contribution in [0.25, 0.3) is 0 Å². The van der Waals surface area contributed by atoms with E-state index < -0.39 is 5.82 Å². The van der Waals surface area contributed by atoms with Gasteiger partial charge >= 0.3 is 0 Å². The Morgan fingerprint density at radius 2 is 1.88 bits per heavy atom. The SMILES string of the molecule is CC(C)C(C)(C)CNCc1cc(F)ccc1F. The Morgan fingerprint density at radius 3 is 2.47 bits per heavy atom. The summed E-state index contributed by atoms with van der Waals surface area (Å²) in [5.41, 5.74) is 0.522. The summed E-state index contributed by atoms with van der Waals surface area (Å²) in [5.74, 6) is -0.222. The molecule has 0 aliphatic carbocycles. The predicted molar refractivity (Wildman–Crippen MR) is 66.7 cm³/mol. The second-order valence-corrected chi connectivity index (χ2v) is 5.48. The second kappa shape index (κ2) is 5.58. The van der Waals surface area contributed by atoms with Gasteiger partial charge in [0, 0.05) is 18.7 Å². The van der Waals surface area contributed by atoms with E-state index in [2.05, 4.69) is 33.0 Å². The molecule has 0 bridgehead atoms. The molecule has 0 saturated heterocycles. The van der Waals surface area contributed by atoms with E-state index in [1.54, 1.807) is 0 Å². The summed E-state index contributed by atoms with van der Waals surface area (Å²) >= 11 is 0. The lowest BCUT2D eigenvalue weighted by atomic mass is 9.81. The van der Waals surface area contributed by atoms with E-state index in [0.29, 0.717) is 18.0 Å². The maximum absolute atomic E-state index is 13.3.